The molecule has 2 aromatic heterocycles. The fraction of sp³-hybridized carbons (Fsp3) is 0.643. The predicted octanol–water partition coefficient (Wildman–Crippen LogP) is 2.56. The first-order chi connectivity index (χ1) is 20.4. The number of nitrogens with zero attached hydrogens (tertiary/aromatic N) is 4. The molecule has 4 aliphatic rings. The third kappa shape index (κ3) is 6.99. The summed E-state index contributed by atoms with van der Waals surface area (Å²) in [5.41, 5.74) is 0. The van der Waals surface area contributed by atoms with E-state index in [1.807, 2.05) is 9.80 Å². The maximum atomic E-state index is 12.1. The molecule has 0 radical (unpaired) electrons. The summed E-state index contributed by atoms with van der Waals surface area (Å²) in [6, 6.07) is 0. The SMILES string of the molecule is COC(=O)c1cnc(C2CCN(C(=O)C3COC3)CC2)s1.COC(=O)c1cnc(C2CCN(C(=O)C3COC3)CC2)s1. The van der Waals surface area contributed by atoms with Gasteiger partial charge in [0, 0.05) is 38.0 Å². The Balaban J connectivity index is 0.000000168. The number of esters is 2. The van der Waals surface area contributed by atoms with Crippen molar-refractivity contribution >= 4 is 46.4 Å². The first-order valence-corrected chi connectivity index (χ1v) is 15.8. The zero-order valence-corrected chi connectivity index (χ0v) is 25.5. The van der Waals surface area contributed by atoms with Crippen molar-refractivity contribution < 1.29 is 38.1 Å². The van der Waals surface area contributed by atoms with E-state index in [2.05, 4.69) is 9.97 Å². The Bertz CT molecular complexity index is 1160. The molecule has 4 fully saturated rings. The average Bonchev–Trinajstić information content (AvgIpc) is 3.66. The van der Waals surface area contributed by atoms with Gasteiger partial charge in [-0.05, 0) is 25.7 Å². The highest BCUT2D eigenvalue weighted by Gasteiger charge is 2.35. The summed E-state index contributed by atoms with van der Waals surface area (Å²) in [5.74, 6) is 0.542. The van der Waals surface area contributed by atoms with Crippen molar-refractivity contribution in [3.8, 4) is 0 Å². The molecular formula is C28H36N4O8S2. The Labute approximate surface area is 252 Å². The van der Waals surface area contributed by atoms with Crippen LogP contribution in [0.5, 0.6) is 0 Å². The molecule has 0 spiro atoms. The Morgan fingerprint density at radius 3 is 1.33 bits per heavy atom. The lowest BCUT2D eigenvalue weighted by Gasteiger charge is -2.36. The Morgan fingerprint density at radius 1 is 0.690 bits per heavy atom. The quantitative estimate of drug-likeness (QED) is 0.443. The number of ether oxygens (including phenoxy) is 4. The van der Waals surface area contributed by atoms with Crippen LogP contribution in [-0.4, -0.2) is 110 Å². The van der Waals surface area contributed by atoms with Crippen LogP contribution in [0.2, 0.25) is 0 Å². The van der Waals surface area contributed by atoms with Gasteiger partial charge in [0.05, 0.1) is 74.9 Å². The topological polar surface area (TPSA) is 137 Å². The minimum Gasteiger partial charge on any atom is -0.465 e. The summed E-state index contributed by atoms with van der Waals surface area (Å²) >= 11 is 2.79. The maximum Gasteiger partial charge on any atom is 0.349 e. The number of carbonyl (C=O) groups is 4. The van der Waals surface area contributed by atoms with Crippen LogP contribution < -0.4 is 0 Å². The van der Waals surface area contributed by atoms with Crippen LogP contribution in [-0.2, 0) is 28.5 Å². The highest BCUT2D eigenvalue weighted by molar-refractivity contribution is 7.14. The van der Waals surface area contributed by atoms with Crippen LogP contribution in [0.1, 0.15) is 66.9 Å². The number of likely N-dealkylation sites (tertiary alicyclic amines) is 2. The van der Waals surface area contributed by atoms with Crippen LogP contribution in [0.15, 0.2) is 12.4 Å². The molecule has 0 unspecified atom stereocenters. The molecule has 0 bridgehead atoms. The van der Waals surface area contributed by atoms with Crippen molar-refractivity contribution in [3.05, 3.63) is 32.2 Å². The molecule has 12 nitrogen and oxygen atoms in total. The molecule has 6 rings (SSSR count). The van der Waals surface area contributed by atoms with E-state index < -0.39 is 0 Å². The van der Waals surface area contributed by atoms with Gasteiger partial charge in [0.15, 0.2) is 0 Å². The third-order valence-corrected chi connectivity index (χ3v) is 10.4. The number of aromatic nitrogens is 2. The molecule has 42 heavy (non-hydrogen) atoms. The van der Waals surface area contributed by atoms with Crippen molar-refractivity contribution in [1.29, 1.82) is 0 Å². The second-order valence-electron chi connectivity index (χ2n) is 10.8. The first kappa shape index (κ1) is 30.5. The number of hydrogen-bond donors (Lipinski definition) is 0. The highest BCUT2D eigenvalue weighted by Crippen LogP contribution is 2.33. The molecule has 14 heteroatoms. The summed E-state index contributed by atoms with van der Waals surface area (Å²) in [5, 5.41) is 1.93. The van der Waals surface area contributed by atoms with Crippen LogP contribution >= 0.6 is 22.7 Å². The van der Waals surface area contributed by atoms with E-state index in [4.69, 9.17) is 18.9 Å². The van der Waals surface area contributed by atoms with Gasteiger partial charge in [-0.2, -0.15) is 0 Å². The lowest BCUT2D eigenvalue weighted by Crippen LogP contribution is -2.47. The lowest BCUT2D eigenvalue weighted by molar-refractivity contribution is -0.151. The molecular weight excluding hydrogens is 584 g/mol. The van der Waals surface area contributed by atoms with E-state index in [9.17, 15) is 19.2 Å². The van der Waals surface area contributed by atoms with Gasteiger partial charge in [-0.3, -0.25) is 9.59 Å². The molecule has 0 aromatic carbocycles. The number of amides is 2. The Morgan fingerprint density at radius 2 is 1.05 bits per heavy atom. The monoisotopic (exact) mass is 620 g/mol. The minimum absolute atomic E-state index is 0.0624. The van der Waals surface area contributed by atoms with Crippen LogP contribution in [0, 0.1) is 11.8 Å². The van der Waals surface area contributed by atoms with Gasteiger partial charge < -0.3 is 28.7 Å². The first-order valence-electron chi connectivity index (χ1n) is 14.2. The van der Waals surface area contributed by atoms with E-state index in [0.29, 0.717) is 48.0 Å². The fourth-order valence-corrected chi connectivity index (χ4v) is 7.32. The van der Waals surface area contributed by atoms with Gasteiger partial charge in [-0.1, -0.05) is 0 Å². The van der Waals surface area contributed by atoms with Gasteiger partial charge in [-0.15, -0.1) is 22.7 Å². The van der Waals surface area contributed by atoms with E-state index in [1.54, 1.807) is 12.4 Å². The number of hydrogen-bond acceptors (Lipinski definition) is 12. The molecule has 2 aromatic rings. The third-order valence-electron chi connectivity index (χ3n) is 8.11. The lowest BCUT2D eigenvalue weighted by atomic mass is 9.96. The van der Waals surface area contributed by atoms with Gasteiger partial charge in [-0.25, -0.2) is 19.6 Å². The van der Waals surface area contributed by atoms with Crippen molar-refractivity contribution in [3.63, 3.8) is 0 Å². The molecule has 4 aliphatic heterocycles. The number of piperidine rings is 2. The number of carbonyl (C=O) groups excluding carboxylic acids is 4. The highest BCUT2D eigenvalue weighted by atomic mass is 32.1. The normalized spacial score (nSPS) is 20.1. The van der Waals surface area contributed by atoms with Crippen molar-refractivity contribution in [2.75, 3.05) is 66.8 Å². The second-order valence-corrected chi connectivity index (χ2v) is 12.9. The molecule has 0 atom stereocenters. The summed E-state index contributed by atoms with van der Waals surface area (Å²) < 4.78 is 19.5. The maximum absolute atomic E-state index is 12.1. The summed E-state index contributed by atoms with van der Waals surface area (Å²) in [4.78, 5) is 60.8. The standard InChI is InChI=1S/2C14H18N2O4S/c2*1-19-14(18)11-6-15-12(21-11)9-2-4-16(5-3-9)13(17)10-7-20-8-10/h2*6,9-10H,2-5,7-8H2,1H3. The number of methoxy groups -OCH3 is 2. The van der Waals surface area contributed by atoms with E-state index in [0.717, 1.165) is 61.9 Å². The van der Waals surface area contributed by atoms with Crippen molar-refractivity contribution in [2.45, 2.75) is 37.5 Å². The van der Waals surface area contributed by atoms with Gasteiger partial charge in [0.1, 0.15) is 9.75 Å². The van der Waals surface area contributed by atoms with Crippen LogP contribution in [0.25, 0.3) is 0 Å². The fourth-order valence-electron chi connectivity index (χ4n) is 5.31. The van der Waals surface area contributed by atoms with E-state index in [-0.39, 0.29) is 35.6 Å². The minimum atomic E-state index is -0.337. The smallest absolute Gasteiger partial charge is 0.349 e. The zero-order valence-electron chi connectivity index (χ0n) is 23.8. The summed E-state index contributed by atoms with van der Waals surface area (Å²) in [6.07, 6.45) is 6.74. The molecule has 0 aliphatic carbocycles. The zero-order chi connectivity index (χ0) is 29.6. The predicted molar refractivity (Wildman–Crippen MR) is 153 cm³/mol. The Kier molecular flexibility index (Phi) is 10.2. The van der Waals surface area contributed by atoms with Gasteiger partial charge in [0.2, 0.25) is 11.8 Å². The van der Waals surface area contributed by atoms with Crippen LogP contribution in [0.3, 0.4) is 0 Å². The van der Waals surface area contributed by atoms with Gasteiger partial charge >= 0.3 is 11.9 Å². The molecule has 4 saturated heterocycles. The average molecular weight is 621 g/mol. The largest absolute Gasteiger partial charge is 0.465 e. The molecule has 2 amide bonds. The molecule has 0 N–H and O–H groups in total. The molecule has 0 saturated carbocycles. The van der Waals surface area contributed by atoms with Gasteiger partial charge in [0.25, 0.3) is 0 Å². The van der Waals surface area contributed by atoms with Crippen molar-refractivity contribution in [1.82, 2.24) is 19.8 Å². The summed E-state index contributed by atoms with van der Waals surface area (Å²) in [6.45, 7) is 5.28. The van der Waals surface area contributed by atoms with E-state index >= 15 is 0 Å². The second kappa shape index (κ2) is 14.0. The molecule has 228 valence electrons. The van der Waals surface area contributed by atoms with Crippen LogP contribution in [0.4, 0.5) is 0 Å². The number of thiazole rings is 2. The van der Waals surface area contributed by atoms with E-state index in [1.165, 1.54) is 36.9 Å². The summed E-state index contributed by atoms with van der Waals surface area (Å²) in [7, 11) is 2.74. The Hall–Kier alpha value is -2.94. The van der Waals surface area contributed by atoms with Crippen molar-refractivity contribution in [2.24, 2.45) is 11.8 Å². The number of rotatable bonds is 6. The molecule has 6 heterocycles.